The molecule has 108 valence electrons. The Morgan fingerprint density at radius 2 is 1.30 bits per heavy atom. The number of carbonyl (C=O) groups excluding carboxylic acids is 2. The van der Waals surface area contributed by atoms with Crippen LogP contribution in [-0.2, 0) is 15.0 Å². The molecule has 0 atom stereocenters. The minimum atomic E-state index is -3.47. The van der Waals surface area contributed by atoms with Crippen molar-refractivity contribution in [1.82, 2.24) is 0 Å². The van der Waals surface area contributed by atoms with Gasteiger partial charge in [-0.2, -0.15) is 0 Å². The molecular weight excluding hydrogens is 449 g/mol. The topological polar surface area (TPSA) is 52.6 Å². The maximum absolute atomic E-state index is 11.8. The van der Waals surface area contributed by atoms with Gasteiger partial charge in [0, 0.05) is 0 Å². The van der Waals surface area contributed by atoms with E-state index in [1.165, 1.54) is 0 Å². The summed E-state index contributed by atoms with van der Waals surface area (Å²) in [6.07, 6.45) is 0. The first-order chi connectivity index (χ1) is 9.31. The van der Waals surface area contributed by atoms with Crippen molar-refractivity contribution in [3.05, 3.63) is 29.8 Å². The zero-order valence-corrected chi connectivity index (χ0v) is 17.2. The van der Waals surface area contributed by atoms with E-state index in [1.54, 1.807) is 27.7 Å². The van der Waals surface area contributed by atoms with Gasteiger partial charge in [0.2, 0.25) is 0 Å². The van der Waals surface area contributed by atoms with Crippen molar-refractivity contribution in [1.29, 1.82) is 0 Å². The van der Waals surface area contributed by atoms with Crippen LogP contribution in [0, 0.1) is 18.8 Å². The van der Waals surface area contributed by atoms with Gasteiger partial charge in [-0.05, 0) is 0 Å². The third-order valence-electron chi connectivity index (χ3n) is 2.74. The van der Waals surface area contributed by atoms with Crippen molar-refractivity contribution in [3.8, 4) is 0 Å². The molecule has 4 nitrogen and oxygen atoms in total. The molecule has 0 saturated carbocycles. The molecule has 5 heteroatoms. The van der Waals surface area contributed by atoms with Crippen LogP contribution in [0.2, 0.25) is 0 Å². The maximum atomic E-state index is 11.8. The number of rotatable bonds is 5. The molecule has 20 heavy (non-hydrogen) atoms. The van der Waals surface area contributed by atoms with Crippen LogP contribution in [0.15, 0.2) is 24.3 Å². The van der Waals surface area contributed by atoms with E-state index in [0.29, 0.717) is 0 Å². The van der Waals surface area contributed by atoms with Crippen LogP contribution in [0.4, 0.5) is 0 Å². The fraction of sp³-hybridized carbons (Fsp3) is 0.467. The predicted octanol–water partition coefficient (Wildman–Crippen LogP) is 2.09. The Bertz CT molecular complexity index is 443. The molecule has 0 radical (unpaired) electrons. The zero-order chi connectivity index (χ0) is 15.3. The van der Waals surface area contributed by atoms with Crippen LogP contribution in [0.5, 0.6) is 0 Å². The summed E-state index contributed by atoms with van der Waals surface area (Å²) >= 11 is -3.47. The van der Waals surface area contributed by atoms with Crippen molar-refractivity contribution in [2.75, 3.05) is 0 Å². The number of carbonyl (C=O) groups is 2. The van der Waals surface area contributed by atoms with E-state index in [-0.39, 0.29) is 23.8 Å². The average Bonchev–Trinajstić information content (AvgIpc) is 2.38. The van der Waals surface area contributed by atoms with Crippen molar-refractivity contribution in [2.45, 2.75) is 34.6 Å². The fourth-order valence-corrected chi connectivity index (χ4v) is 8.34. The summed E-state index contributed by atoms with van der Waals surface area (Å²) in [4.78, 5) is 23.6. The molecule has 0 fully saturated rings. The van der Waals surface area contributed by atoms with Gasteiger partial charge in [-0.1, -0.05) is 0 Å². The van der Waals surface area contributed by atoms with E-state index >= 15 is 0 Å². The Kier molecular flexibility index (Phi) is 6.64. The van der Waals surface area contributed by atoms with Gasteiger partial charge in [0.15, 0.2) is 0 Å². The molecule has 1 rings (SSSR count). The van der Waals surface area contributed by atoms with Crippen LogP contribution in [0.3, 0.4) is 0 Å². The molecule has 0 saturated heterocycles. The second kappa shape index (κ2) is 7.76. The van der Waals surface area contributed by atoms with Gasteiger partial charge in [-0.25, -0.2) is 0 Å². The first-order valence-electron chi connectivity index (χ1n) is 6.78. The Morgan fingerprint density at radius 1 is 0.900 bits per heavy atom. The Hall–Kier alpha value is -0.918. The number of aryl methyl sites for hydroxylation is 1. The number of hydrogen-bond donors (Lipinski definition) is 0. The van der Waals surface area contributed by atoms with Gasteiger partial charge in [0.1, 0.15) is 0 Å². The van der Waals surface area contributed by atoms with Crippen molar-refractivity contribution < 1.29 is 15.0 Å². The zero-order valence-electron chi connectivity index (χ0n) is 12.7. The quantitative estimate of drug-likeness (QED) is 0.620. The summed E-state index contributed by atoms with van der Waals surface area (Å²) in [6, 6.07) is 7.66. The normalized spacial score (nSPS) is 10.6. The van der Waals surface area contributed by atoms with Crippen LogP contribution in [0.1, 0.15) is 33.3 Å². The first-order valence-corrected chi connectivity index (χ1v) is 12.7. The van der Waals surface area contributed by atoms with Gasteiger partial charge in [-0.3, -0.25) is 0 Å². The average molecular weight is 470 g/mol. The second-order valence-corrected chi connectivity index (χ2v) is 12.4. The van der Waals surface area contributed by atoms with E-state index < -0.39 is 23.6 Å². The summed E-state index contributed by atoms with van der Waals surface area (Å²) in [5.74, 6) is -1.04. The molecule has 1 aromatic carbocycles. The van der Waals surface area contributed by atoms with Gasteiger partial charge in [0.25, 0.3) is 0 Å². The first kappa shape index (κ1) is 17.1. The molecule has 0 bridgehead atoms. The Labute approximate surface area is 129 Å². The minimum absolute atomic E-state index is 0.222. The van der Waals surface area contributed by atoms with Gasteiger partial charge < -0.3 is 0 Å². The number of hydrogen-bond acceptors (Lipinski definition) is 4. The number of benzene rings is 1. The SMILES string of the molecule is Cc1cc[c]([Tl]([O]C(=O)C(C)C)[O]C(=O)C(C)C)cc1. The van der Waals surface area contributed by atoms with Gasteiger partial charge in [-0.15, -0.1) is 0 Å². The molecule has 0 aliphatic rings. The fourth-order valence-electron chi connectivity index (χ4n) is 1.37. The molecule has 0 N–H and O–H groups in total. The van der Waals surface area contributed by atoms with Crippen LogP contribution in [0.25, 0.3) is 0 Å². The van der Waals surface area contributed by atoms with Crippen LogP contribution in [-0.4, -0.2) is 35.5 Å². The third-order valence-corrected chi connectivity index (χ3v) is 9.82. The summed E-state index contributed by atoms with van der Waals surface area (Å²) in [7, 11) is 0. The van der Waals surface area contributed by atoms with Crippen LogP contribution >= 0.6 is 0 Å². The van der Waals surface area contributed by atoms with Crippen molar-refractivity contribution >= 4 is 38.7 Å². The van der Waals surface area contributed by atoms with E-state index in [4.69, 9.17) is 5.37 Å². The standard InChI is InChI=1S/C7H7.2C4H8O2.Tl/c1-7-5-3-2-4-6-7;2*1-3(2)4(5)6;/h3-6H,1H3;2*3H,1-2H3,(H,5,6);/q;;;+2/p-2. The third kappa shape index (κ3) is 5.22. The predicted molar refractivity (Wildman–Crippen MR) is 78.4 cm³/mol. The molecule has 0 aliphatic heterocycles. The van der Waals surface area contributed by atoms with Crippen molar-refractivity contribution in [3.63, 3.8) is 0 Å². The van der Waals surface area contributed by atoms with E-state index in [2.05, 4.69) is 0 Å². The van der Waals surface area contributed by atoms with E-state index in [0.717, 1.165) is 8.69 Å². The Morgan fingerprint density at radius 3 is 1.65 bits per heavy atom. The summed E-state index contributed by atoms with van der Waals surface area (Å²) in [6.45, 7) is 9.06. The Balaban J connectivity index is 2.91. The summed E-state index contributed by atoms with van der Waals surface area (Å²) in [5, 5.41) is 0. The van der Waals surface area contributed by atoms with E-state index in [9.17, 15) is 9.59 Å². The molecule has 0 unspecified atom stereocenters. The van der Waals surface area contributed by atoms with Crippen LogP contribution < -0.4 is 3.12 Å². The molecule has 0 aromatic heterocycles. The summed E-state index contributed by atoms with van der Waals surface area (Å²) in [5.41, 5.74) is 1.12. The van der Waals surface area contributed by atoms with Crippen molar-refractivity contribution in [2.24, 2.45) is 11.8 Å². The molecule has 0 aliphatic carbocycles. The molecule has 1 aromatic rings. The molecular formula is C15H21O4Tl. The summed E-state index contributed by atoms with van der Waals surface area (Å²) < 4.78 is 11.9. The molecule has 0 amide bonds. The van der Waals surface area contributed by atoms with Gasteiger partial charge >= 0.3 is 130 Å². The monoisotopic (exact) mass is 470 g/mol. The molecule has 0 heterocycles. The van der Waals surface area contributed by atoms with Gasteiger partial charge in [0.05, 0.1) is 0 Å². The second-order valence-electron chi connectivity index (χ2n) is 5.43. The molecule has 0 spiro atoms. The van der Waals surface area contributed by atoms with E-state index in [1.807, 2.05) is 31.2 Å².